The van der Waals surface area contributed by atoms with Crippen molar-refractivity contribution >= 4 is 12.2 Å². The Kier molecular flexibility index (Phi) is 3.06. The van der Waals surface area contributed by atoms with Crippen molar-refractivity contribution in [1.82, 2.24) is 9.55 Å². The monoisotopic (exact) mass is 258 g/mol. The molecule has 2 nitrogen and oxygen atoms in total. The molecule has 1 heterocycles. The number of aromatic nitrogens is 2. The highest BCUT2D eigenvalue weighted by Crippen LogP contribution is 2.21. The molecule has 1 aromatic heterocycles. The molecule has 0 aliphatic heterocycles. The summed E-state index contributed by atoms with van der Waals surface area (Å²) < 4.78 is 41.4. The zero-order valence-electron chi connectivity index (χ0n) is 8.93. The summed E-state index contributed by atoms with van der Waals surface area (Å²) in [6.07, 6.45) is 2.12. The molecular weight excluding hydrogens is 249 g/mol. The van der Waals surface area contributed by atoms with E-state index in [0.29, 0.717) is 24.2 Å². The maximum absolute atomic E-state index is 13.6. The first-order valence-corrected chi connectivity index (χ1v) is 5.39. The molecule has 0 atom stereocenters. The van der Waals surface area contributed by atoms with Crippen LogP contribution in [0.25, 0.3) is 5.69 Å². The van der Waals surface area contributed by atoms with Crippen molar-refractivity contribution in [2.24, 2.45) is 0 Å². The van der Waals surface area contributed by atoms with Crippen molar-refractivity contribution in [2.45, 2.75) is 13.3 Å². The van der Waals surface area contributed by atoms with Crippen LogP contribution in [0, 0.1) is 22.2 Å². The molecule has 6 heteroatoms. The molecule has 0 saturated carbocycles. The minimum atomic E-state index is -0.979. The maximum atomic E-state index is 13.6. The third-order valence-electron chi connectivity index (χ3n) is 2.42. The molecule has 1 aromatic carbocycles. The minimum Gasteiger partial charge on any atom is -0.337 e. The van der Waals surface area contributed by atoms with Crippen LogP contribution in [0.2, 0.25) is 0 Å². The van der Waals surface area contributed by atoms with Crippen LogP contribution in [-0.4, -0.2) is 9.55 Å². The summed E-state index contributed by atoms with van der Waals surface area (Å²) in [5.74, 6) is -2.91. The zero-order valence-corrected chi connectivity index (χ0v) is 9.75. The number of H-pyrrole nitrogens is 1. The largest absolute Gasteiger partial charge is 0.337 e. The van der Waals surface area contributed by atoms with Gasteiger partial charge in [-0.3, -0.25) is 4.57 Å². The number of hydrogen-bond acceptors (Lipinski definition) is 1. The van der Waals surface area contributed by atoms with Crippen molar-refractivity contribution in [1.29, 1.82) is 0 Å². The highest BCUT2D eigenvalue weighted by atomic mass is 32.1. The van der Waals surface area contributed by atoms with Crippen LogP contribution in [0.4, 0.5) is 13.2 Å². The van der Waals surface area contributed by atoms with Crippen molar-refractivity contribution in [3.8, 4) is 5.69 Å². The molecule has 0 saturated heterocycles. The number of hydrogen-bond donors (Lipinski definition) is 1. The standard InChI is InChI=1S/C11H9F3N2S/c1-2-7-5-15-11(17)16(7)10-8(13)3-6(12)4-9(10)14/h3-5H,2H2,1H3,(H,15,17). The molecule has 0 spiro atoms. The second-order valence-corrected chi connectivity index (χ2v) is 3.88. The fraction of sp³-hybridized carbons (Fsp3) is 0.182. The number of nitrogens with one attached hydrogen (secondary N) is 1. The second-order valence-electron chi connectivity index (χ2n) is 3.49. The highest BCUT2D eigenvalue weighted by Gasteiger charge is 2.16. The van der Waals surface area contributed by atoms with Crippen molar-refractivity contribution in [3.63, 3.8) is 0 Å². The quantitative estimate of drug-likeness (QED) is 0.817. The van der Waals surface area contributed by atoms with Crippen LogP contribution in [0.15, 0.2) is 18.3 Å². The summed E-state index contributed by atoms with van der Waals surface area (Å²) in [5.41, 5.74) is 0.272. The average Bonchev–Trinajstić information content (AvgIpc) is 2.59. The lowest BCUT2D eigenvalue weighted by Crippen LogP contribution is -2.05. The number of halogens is 3. The van der Waals surface area contributed by atoms with Gasteiger partial charge in [-0.1, -0.05) is 6.92 Å². The fourth-order valence-corrected chi connectivity index (χ4v) is 1.93. The number of aromatic amines is 1. The van der Waals surface area contributed by atoms with Gasteiger partial charge in [0.1, 0.15) is 11.5 Å². The summed E-state index contributed by atoms with van der Waals surface area (Å²) >= 11 is 4.95. The summed E-state index contributed by atoms with van der Waals surface area (Å²) in [7, 11) is 0. The Hall–Kier alpha value is -1.56. The minimum absolute atomic E-state index is 0.172. The molecule has 0 aliphatic rings. The van der Waals surface area contributed by atoms with Crippen LogP contribution in [0.1, 0.15) is 12.6 Å². The van der Waals surface area contributed by atoms with E-state index in [9.17, 15) is 13.2 Å². The first-order chi connectivity index (χ1) is 8.04. The number of nitrogens with zero attached hydrogens (tertiary/aromatic N) is 1. The van der Waals surface area contributed by atoms with Crippen molar-refractivity contribution < 1.29 is 13.2 Å². The lowest BCUT2D eigenvalue weighted by Gasteiger charge is -2.09. The topological polar surface area (TPSA) is 20.7 Å². The van der Waals surface area contributed by atoms with Gasteiger partial charge in [-0.25, -0.2) is 13.2 Å². The fourth-order valence-electron chi connectivity index (χ4n) is 1.66. The van der Waals surface area contributed by atoms with E-state index in [2.05, 4.69) is 4.98 Å². The highest BCUT2D eigenvalue weighted by molar-refractivity contribution is 7.71. The van der Waals surface area contributed by atoms with Gasteiger partial charge in [0.2, 0.25) is 0 Å². The Bertz CT molecular complexity index is 592. The summed E-state index contributed by atoms with van der Waals surface area (Å²) in [4.78, 5) is 2.71. The predicted molar refractivity (Wildman–Crippen MR) is 60.2 cm³/mol. The first-order valence-electron chi connectivity index (χ1n) is 4.98. The van der Waals surface area contributed by atoms with Gasteiger partial charge >= 0.3 is 0 Å². The van der Waals surface area contributed by atoms with Crippen LogP contribution in [-0.2, 0) is 6.42 Å². The maximum Gasteiger partial charge on any atom is 0.182 e. The van der Waals surface area contributed by atoms with Crippen molar-refractivity contribution in [3.05, 3.63) is 46.2 Å². The molecule has 0 fully saturated rings. The summed E-state index contributed by atoms with van der Waals surface area (Å²) in [6, 6.07) is 1.26. The Morgan fingerprint density at radius 2 is 1.82 bits per heavy atom. The number of benzene rings is 1. The molecule has 0 unspecified atom stereocenters. The summed E-state index contributed by atoms with van der Waals surface area (Å²) in [6.45, 7) is 1.83. The Morgan fingerprint density at radius 1 is 1.24 bits per heavy atom. The third kappa shape index (κ3) is 2.00. The molecular formula is C11H9F3N2S. The van der Waals surface area contributed by atoms with E-state index in [1.807, 2.05) is 6.92 Å². The molecule has 1 N–H and O–H groups in total. The number of imidazole rings is 1. The van der Waals surface area contributed by atoms with E-state index in [-0.39, 0.29) is 10.5 Å². The van der Waals surface area contributed by atoms with E-state index >= 15 is 0 Å². The van der Waals surface area contributed by atoms with E-state index in [4.69, 9.17) is 12.2 Å². The molecule has 0 amide bonds. The van der Waals surface area contributed by atoms with Gasteiger partial charge in [-0.15, -0.1) is 0 Å². The van der Waals surface area contributed by atoms with Crippen LogP contribution in [0.3, 0.4) is 0 Å². The van der Waals surface area contributed by atoms with E-state index in [1.54, 1.807) is 6.20 Å². The summed E-state index contributed by atoms with van der Waals surface area (Å²) in [5, 5.41) is 0. The van der Waals surface area contributed by atoms with E-state index in [1.165, 1.54) is 4.57 Å². The third-order valence-corrected chi connectivity index (χ3v) is 2.72. The van der Waals surface area contributed by atoms with Gasteiger partial charge < -0.3 is 4.98 Å². The van der Waals surface area contributed by atoms with Gasteiger partial charge in [-0.05, 0) is 18.6 Å². The van der Waals surface area contributed by atoms with Gasteiger partial charge in [-0.2, -0.15) is 0 Å². The van der Waals surface area contributed by atoms with Crippen LogP contribution in [0.5, 0.6) is 0 Å². The Balaban J connectivity index is 2.77. The molecule has 0 aliphatic carbocycles. The van der Waals surface area contributed by atoms with Crippen LogP contribution < -0.4 is 0 Å². The lowest BCUT2D eigenvalue weighted by atomic mass is 10.2. The predicted octanol–water partition coefficient (Wildman–Crippen LogP) is 3.51. The van der Waals surface area contributed by atoms with E-state index < -0.39 is 17.5 Å². The smallest absolute Gasteiger partial charge is 0.182 e. The molecule has 0 bridgehead atoms. The molecule has 2 aromatic rings. The van der Waals surface area contributed by atoms with Crippen molar-refractivity contribution in [2.75, 3.05) is 0 Å². The zero-order chi connectivity index (χ0) is 12.6. The first kappa shape index (κ1) is 11.9. The van der Waals surface area contributed by atoms with Gasteiger partial charge in [0.05, 0.1) is 0 Å². The Labute approximate surface area is 101 Å². The molecule has 2 rings (SSSR count). The average molecular weight is 258 g/mol. The van der Waals surface area contributed by atoms with Gasteiger partial charge in [0.15, 0.2) is 16.4 Å². The second kappa shape index (κ2) is 4.37. The SMILES string of the molecule is CCc1c[nH]c(=S)n1-c1c(F)cc(F)cc1F. The number of aryl methyl sites for hydroxylation is 1. The van der Waals surface area contributed by atoms with Gasteiger partial charge in [0.25, 0.3) is 0 Å². The van der Waals surface area contributed by atoms with Gasteiger partial charge in [0, 0.05) is 24.0 Å². The van der Waals surface area contributed by atoms with E-state index in [0.717, 1.165) is 0 Å². The molecule has 0 radical (unpaired) electrons. The number of rotatable bonds is 2. The normalized spacial score (nSPS) is 10.8. The molecule has 17 heavy (non-hydrogen) atoms. The van der Waals surface area contributed by atoms with Crippen LogP contribution >= 0.6 is 12.2 Å². The Morgan fingerprint density at radius 3 is 2.35 bits per heavy atom. The molecule has 90 valence electrons. The lowest BCUT2D eigenvalue weighted by molar-refractivity contribution is 0.532.